The van der Waals surface area contributed by atoms with Crippen molar-refractivity contribution >= 4 is 12.1 Å². The number of aliphatic carboxylic acids is 1. The molecule has 1 heterocycles. The van der Waals surface area contributed by atoms with Gasteiger partial charge in [-0.1, -0.05) is 48.5 Å². The first kappa shape index (κ1) is 20.3. The summed E-state index contributed by atoms with van der Waals surface area (Å²) in [6.45, 7) is -0.323. The SMILES string of the molecule is O=C(O)[C@@H]1C[C@@H](C(F)(F)F)CCN1C(=O)OCC1c2ccccc2-c2ccccc21. The Bertz CT molecular complexity index is 929. The van der Waals surface area contributed by atoms with Gasteiger partial charge in [0.15, 0.2) is 0 Å². The van der Waals surface area contributed by atoms with Crippen LogP contribution in [0.2, 0.25) is 0 Å². The lowest BCUT2D eigenvalue weighted by Gasteiger charge is -2.37. The van der Waals surface area contributed by atoms with Crippen molar-refractivity contribution < 1.29 is 32.6 Å². The molecule has 0 unspecified atom stereocenters. The number of carboxylic acids is 1. The van der Waals surface area contributed by atoms with Gasteiger partial charge in [-0.2, -0.15) is 13.2 Å². The van der Waals surface area contributed by atoms with E-state index >= 15 is 0 Å². The van der Waals surface area contributed by atoms with Crippen LogP contribution in [0.4, 0.5) is 18.0 Å². The number of amides is 1. The normalized spacial score (nSPS) is 21.1. The number of piperidine rings is 1. The van der Waals surface area contributed by atoms with Crippen LogP contribution in [0.1, 0.15) is 29.9 Å². The highest BCUT2D eigenvalue weighted by atomic mass is 19.4. The van der Waals surface area contributed by atoms with Gasteiger partial charge in [0.25, 0.3) is 0 Å². The first-order valence-electron chi connectivity index (χ1n) is 9.68. The maximum Gasteiger partial charge on any atom is 0.410 e. The second-order valence-corrected chi connectivity index (χ2v) is 7.61. The fourth-order valence-corrected chi connectivity index (χ4v) is 4.39. The molecule has 2 aliphatic rings. The van der Waals surface area contributed by atoms with Gasteiger partial charge in [0.1, 0.15) is 12.6 Å². The third-order valence-corrected chi connectivity index (χ3v) is 5.92. The molecule has 0 spiro atoms. The minimum atomic E-state index is -4.49. The molecular weight excluding hydrogens is 399 g/mol. The highest BCUT2D eigenvalue weighted by molar-refractivity contribution is 5.81. The number of likely N-dealkylation sites (tertiary alicyclic amines) is 1. The molecule has 1 aliphatic carbocycles. The average molecular weight is 419 g/mol. The lowest BCUT2D eigenvalue weighted by Crippen LogP contribution is -2.52. The van der Waals surface area contributed by atoms with Gasteiger partial charge in [-0.15, -0.1) is 0 Å². The summed E-state index contributed by atoms with van der Waals surface area (Å²) in [7, 11) is 0. The summed E-state index contributed by atoms with van der Waals surface area (Å²) in [5, 5.41) is 9.36. The number of carboxylic acid groups (broad SMARTS) is 1. The predicted molar refractivity (Wildman–Crippen MR) is 102 cm³/mol. The Morgan fingerprint density at radius 1 is 1.03 bits per heavy atom. The smallest absolute Gasteiger partial charge is 0.410 e. The highest BCUT2D eigenvalue weighted by Crippen LogP contribution is 2.44. The number of benzene rings is 2. The molecule has 4 rings (SSSR count). The number of hydrogen-bond acceptors (Lipinski definition) is 3. The minimum absolute atomic E-state index is 0.0155. The zero-order valence-corrected chi connectivity index (χ0v) is 15.9. The Kier molecular flexibility index (Phi) is 5.17. The number of nitrogens with zero attached hydrogens (tertiary/aromatic N) is 1. The summed E-state index contributed by atoms with van der Waals surface area (Å²) >= 11 is 0. The Hall–Kier alpha value is -3.03. The largest absolute Gasteiger partial charge is 0.480 e. The number of hydrogen-bond donors (Lipinski definition) is 1. The number of carbonyl (C=O) groups excluding carboxylic acids is 1. The average Bonchev–Trinajstić information content (AvgIpc) is 3.04. The van der Waals surface area contributed by atoms with E-state index in [0.717, 1.165) is 27.2 Å². The standard InChI is InChI=1S/C22H20F3NO4/c23-22(24,25)13-9-10-26(19(11-13)20(27)28)21(29)30-12-18-16-7-3-1-5-14(16)15-6-2-4-8-17(15)18/h1-8,13,18-19H,9-12H2,(H,27,28)/t13-,19-/m0/s1. The summed E-state index contributed by atoms with van der Waals surface area (Å²) in [4.78, 5) is 25.0. The van der Waals surface area contributed by atoms with Gasteiger partial charge in [-0.3, -0.25) is 4.90 Å². The monoisotopic (exact) mass is 419 g/mol. The van der Waals surface area contributed by atoms with Crippen molar-refractivity contribution in [2.75, 3.05) is 13.2 Å². The fraction of sp³-hybridized carbons (Fsp3) is 0.364. The van der Waals surface area contributed by atoms with Crippen LogP contribution in [0, 0.1) is 5.92 Å². The first-order valence-corrected chi connectivity index (χ1v) is 9.68. The van der Waals surface area contributed by atoms with Gasteiger partial charge in [0.2, 0.25) is 0 Å². The predicted octanol–water partition coefficient (Wildman–Crippen LogP) is 4.66. The van der Waals surface area contributed by atoms with Gasteiger partial charge >= 0.3 is 18.2 Å². The molecule has 0 radical (unpaired) electrons. The highest BCUT2D eigenvalue weighted by Gasteiger charge is 2.47. The van der Waals surface area contributed by atoms with Crippen LogP contribution < -0.4 is 0 Å². The van der Waals surface area contributed by atoms with Crippen molar-refractivity contribution in [2.24, 2.45) is 5.92 Å². The number of halogens is 3. The molecule has 2 aromatic rings. The molecule has 2 atom stereocenters. The molecule has 158 valence electrons. The van der Waals surface area contributed by atoms with Crippen molar-refractivity contribution in [3.63, 3.8) is 0 Å². The van der Waals surface area contributed by atoms with E-state index in [1.807, 2.05) is 48.5 Å². The summed E-state index contributed by atoms with van der Waals surface area (Å²) in [6, 6.07) is 13.9. The van der Waals surface area contributed by atoms with Crippen molar-refractivity contribution in [1.82, 2.24) is 4.90 Å². The Labute approximate surface area is 171 Å². The Morgan fingerprint density at radius 3 is 2.13 bits per heavy atom. The van der Waals surface area contributed by atoms with Crippen LogP contribution in [0.5, 0.6) is 0 Å². The fourth-order valence-electron chi connectivity index (χ4n) is 4.39. The number of ether oxygens (including phenoxy) is 1. The lowest BCUT2D eigenvalue weighted by molar-refractivity contribution is -0.191. The Morgan fingerprint density at radius 2 is 1.60 bits per heavy atom. The first-order chi connectivity index (χ1) is 14.3. The van der Waals surface area contributed by atoms with Crippen LogP contribution >= 0.6 is 0 Å². The van der Waals surface area contributed by atoms with E-state index in [1.54, 1.807) is 0 Å². The second-order valence-electron chi connectivity index (χ2n) is 7.61. The molecule has 1 fully saturated rings. The van der Waals surface area contributed by atoms with E-state index in [4.69, 9.17) is 4.74 Å². The van der Waals surface area contributed by atoms with E-state index in [1.165, 1.54) is 0 Å². The number of carbonyl (C=O) groups is 2. The summed E-state index contributed by atoms with van der Waals surface area (Å²) in [6.07, 6.45) is -6.38. The van der Waals surface area contributed by atoms with E-state index in [2.05, 4.69) is 0 Å². The molecule has 8 heteroatoms. The van der Waals surface area contributed by atoms with Gasteiger partial charge < -0.3 is 9.84 Å². The summed E-state index contributed by atoms with van der Waals surface area (Å²) < 4.78 is 44.5. The third kappa shape index (κ3) is 3.62. The van der Waals surface area contributed by atoms with Crippen molar-refractivity contribution in [2.45, 2.75) is 31.0 Å². The molecule has 0 bridgehead atoms. The van der Waals surface area contributed by atoms with Gasteiger partial charge in [-0.25, -0.2) is 9.59 Å². The van der Waals surface area contributed by atoms with Gasteiger partial charge in [-0.05, 0) is 35.1 Å². The lowest BCUT2D eigenvalue weighted by atomic mass is 9.90. The number of rotatable bonds is 3. The summed E-state index contributed by atoms with van der Waals surface area (Å²) in [5.74, 6) is -3.41. The van der Waals surface area contributed by atoms with E-state index in [0.29, 0.717) is 0 Å². The second kappa shape index (κ2) is 7.66. The molecule has 1 N–H and O–H groups in total. The maximum absolute atomic E-state index is 13.0. The topological polar surface area (TPSA) is 66.8 Å². The zero-order chi connectivity index (χ0) is 21.5. The molecule has 2 aromatic carbocycles. The maximum atomic E-state index is 13.0. The van der Waals surface area contributed by atoms with E-state index in [-0.39, 0.29) is 25.5 Å². The molecular formula is C22H20F3NO4. The van der Waals surface area contributed by atoms with Crippen LogP contribution in [-0.2, 0) is 9.53 Å². The molecule has 30 heavy (non-hydrogen) atoms. The minimum Gasteiger partial charge on any atom is -0.480 e. The zero-order valence-electron chi connectivity index (χ0n) is 15.9. The molecule has 5 nitrogen and oxygen atoms in total. The van der Waals surface area contributed by atoms with Crippen LogP contribution in [0.15, 0.2) is 48.5 Å². The summed E-state index contributed by atoms with van der Waals surface area (Å²) in [5.41, 5.74) is 4.08. The van der Waals surface area contributed by atoms with Crippen molar-refractivity contribution in [1.29, 1.82) is 0 Å². The van der Waals surface area contributed by atoms with Crippen molar-refractivity contribution in [3.8, 4) is 11.1 Å². The van der Waals surface area contributed by atoms with E-state index < -0.39 is 36.6 Å². The number of alkyl halides is 3. The van der Waals surface area contributed by atoms with Crippen LogP contribution in [0.25, 0.3) is 11.1 Å². The molecule has 1 aliphatic heterocycles. The van der Waals surface area contributed by atoms with Crippen molar-refractivity contribution in [3.05, 3.63) is 59.7 Å². The third-order valence-electron chi connectivity index (χ3n) is 5.92. The molecule has 1 saturated heterocycles. The van der Waals surface area contributed by atoms with Gasteiger partial charge in [0, 0.05) is 12.5 Å². The number of fused-ring (bicyclic) bond motifs is 3. The van der Waals surface area contributed by atoms with Gasteiger partial charge in [0.05, 0.1) is 5.92 Å². The van der Waals surface area contributed by atoms with E-state index in [9.17, 15) is 27.9 Å². The van der Waals surface area contributed by atoms with Crippen LogP contribution in [-0.4, -0.2) is 47.4 Å². The Balaban J connectivity index is 1.49. The molecule has 1 amide bonds. The van der Waals surface area contributed by atoms with Crippen LogP contribution in [0.3, 0.4) is 0 Å². The molecule has 0 aromatic heterocycles. The molecule has 0 saturated carbocycles. The quantitative estimate of drug-likeness (QED) is 0.786.